The lowest BCUT2D eigenvalue weighted by Crippen LogP contribution is -2.55. The van der Waals surface area contributed by atoms with Crippen molar-refractivity contribution in [3.63, 3.8) is 0 Å². The van der Waals surface area contributed by atoms with Crippen LogP contribution in [0.4, 0.5) is 4.79 Å². The molecule has 2 fully saturated rings. The molecule has 2 aliphatic heterocycles. The third-order valence-corrected chi connectivity index (χ3v) is 3.99. The minimum Gasteiger partial charge on any atom is -0.444 e. The van der Waals surface area contributed by atoms with Crippen LogP contribution in [0.3, 0.4) is 0 Å². The lowest BCUT2D eigenvalue weighted by atomic mass is 9.72. The average Bonchev–Trinajstić information content (AvgIpc) is 2.31. The van der Waals surface area contributed by atoms with E-state index in [0.29, 0.717) is 26.3 Å². The minimum atomic E-state index is -0.480. The predicted octanol–water partition coefficient (Wildman–Crippen LogP) is 1.78. The Labute approximate surface area is 114 Å². The molecular weight excluding hydrogens is 246 g/mol. The third-order valence-electron chi connectivity index (χ3n) is 3.99. The Morgan fingerprint density at radius 1 is 1.42 bits per heavy atom. The van der Waals surface area contributed by atoms with Crippen LogP contribution in [0.15, 0.2) is 0 Å². The van der Waals surface area contributed by atoms with Crippen molar-refractivity contribution in [2.45, 2.75) is 51.7 Å². The van der Waals surface area contributed by atoms with Gasteiger partial charge in [0.25, 0.3) is 0 Å². The van der Waals surface area contributed by atoms with Gasteiger partial charge in [0.2, 0.25) is 0 Å². The highest BCUT2D eigenvalue weighted by Gasteiger charge is 2.45. The molecule has 2 atom stereocenters. The SMILES string of the molecule is CC(C)(C)OC(=O)N1CCCC2(CCOCC2O)C1. The Balaban J connectivity index is 2.02. The molecule has 0 saturated carbocycles. The van der Waals surface area contributed by atoms with Crippen molar-refractivity contribution in [2.24, 2.45) is 5.41 Å². The number of carbonyl (C=O) groups is 1. The number of aliphatic hydroxyl groups is 1. The summed E-state index contributed by atoms with van der Waals surface area (Å²) < 4.78 is 10.7. The normalized spacial score (nSPS) is 32.4. The van der Waals surface area contributed by atoms with E-state index in [1.165, 1.54) is 0 Å². The van der Waals surface area contributed by atoms with Crippen molar-refractivity contribution >= 4 is 6.09 Å². The van der Waals surface area contributed by atoms with Gasteiger partial charge in [0.05, 0.1) is 12.7 Å². The summed E-state index contributed by atoms with van der Waals surface area (Å²) in [6.45, 7) is 7.94. The number of amides is 1. The summed E-state index contributed by atoms with van der Waals surface area (Å²) >= 11 is 0. The monoisotopic (exact) mass is 271 g/mol. The largest absolute Gasteiger partial charge is 0.444 e. The smallest absolute Gasteiger partial charge is 0.410 e. The molecule has 5 nitrogen and oxygen atoms in total. The number of piperidine rings is 1. The van der Waals surface area contributed by atoms with Crippen molar-refractivity contribution in [3.8, 4) is 0 Å². The molecule has 2 rings (SSSR count). The molecule has 2 saturated heterocycles. The number of likely N-dealkylation sites (tertiary alicyclic amines) is 1. The van der Waals surface area contributed by atoms with Crippen molar-refractivity contribution in [3.05, 3.63) is 0 Å². The second kappa shape index (κ2) is 5.29. The molecule has 1 N–H and O–H groups in total. The summed E-state index contributed by atoms with van der Waals surface area (Å²) in [7, 11) is 0. The number of rotatable bonds is 0. The van der Waals surface area contributed by atoms with E-state index in [0.717, 1.165) is 19.3 Å². The van der Waals surface area contributed by atoms with Crippen molar-refractivity contribution in [1.82, 2.24) is 4.90 Å². The third kappa shape index (κ3) is 3.39. The van der Waals surface area contributed by atoms with Crippen LogP contribution in [0.1, 0.15) is 40.0 Å². The van der Waals surface area contributed by atoms with Crippen LogP contribution >= 0.6 is 0 Å². The number of hydrogen-bond donors (Lipinski definition) is 1. The van der Waals surface area contributed by atoms with Crippen LogP contribution in [0.25, 0.3) is 0 Å². The standard InChI is InChI=1S/C14H25NO4/c1-13(2,3)19-12(17)15-7-4-5-14(10-15)6-8-18-9-11(14)16/h11,16H,4-10H2,1-3H3. The van der Waals surface area contributed by atoms with Crippen molar-refractivity contribution in [2.75, 3.05) is 26.3 Å². The molecule has 0 radical (unpaired) electrons. The van der Waals surface area contributed by atoms with Gasteiger partial charge >= 0.3 is 6.09 Å². The van der Waals surface area contributed by atoms with Gasteiger partial charge in [-0.3, -0.25) is 0 Å². The molecule has 2 unspecified atom stereocenters. The molecule has 0 aromatic carbocycles. The van der Waals surface area contributed by atoms with Gasteiger partial charge in [-0.1, -0.05) is 0 Å². The summed E-state index contributed by atoms with van der Waals surface area (Å²) in [5.74, 6) is 0. The molecule has 2 aliphatic rings. The molecular formula is C14H25NO4. The van der Waals surface area contributed by atoms with Crippen molar-refractivity contribution < 1.29 is 19.4 Å². The number of hydrogen-bond acceptors (Lipinski definition) is 4. The quantitative estimate of drug-likeness (QED) is 0.729. The maximum absolute atomic E-state index is 12.1. The molecule has 0 aromatic heterocycles. The zero-order chi connectivity index (χ0) is 14.1. The highest BCUT2D eigenvalue weighted by Crippen LogP contribution is 2.39. The molecule has 5 heteroatoms. The summed E-state index contributed by atoms with van der Waals surface area (Å²) in [5, 5.41) is 10.2. The maximum atomic E-state index is 12.1. The van der Waals surface area contributed by atoms with E-state index >= 15 is 0 Å². The second-order valence-corrected chi connectivity index (χ2v) is 6.71. The van der Waals surface area contributed by atoms with Crippen LogP contribution in [-0.4, -0.2) is 54.1 Å². The molecule has 0 aliphatic carbocycles. The van der Waals surface area contributed by atoms with E-state index in [1.54, 1.807) is 4.90 Å². The first kappa shape index (κ1) is 14.6. The van der Waals surface area contributed by atoms with E-state index in [9.17, 15) is 9.90 Å². The van der Waals surface area contributed by atoms with E-state index in [-0.39, 0.29) is 11.5 Å². The Morgan fingerprint density at radius 2 is 2.16 bits per heavy atom. The first-order valence-electron chi connectivity index (χ1n) is 7.06. The molecule has 0 aromatic rings. The fourth-order valence-corrected chi connectivity index (χ4v) is 2.93. The first-order valence-corrected chi connectivity index (χ1v) is 7.06. The maximum Gasteiger partial charge on any atom is 0.410 e. The van der Waals surface area contributed by atoms with E-state index in [2.05, 4.69) is 0 Å². The van der Waals surface area contributed by atoms with Gasteiger partial charge in [0, 0.05) is 25.1 Å². The average molecular weight is 271 g/mol. The number of nitrogens with zero attached hydrogens (tertiary/aromatic N) is 1. The van der Waals surface area contributed by atoms with E-state index in [1.807, 2.05) is 20.8 Å². The molecule has 1 amide bonds. The van der Waals surface area contributed by atoms with Crippen LogP contribution in [0.2, 0.25) is 0 Å². The van der Waals surface area contributed by atoms with Gasteiger partial charge in [-0.2, -0.15) is 0 Å². The Hall–Kier alpha value is -0.810. The highest BCUT2D eigenvalue weighted by atomic mass is 16.6. The molecule has 1 spiro atoms. The number of carbonyl (C=O) groups excluding carboxylic acids is 1. The van der Waals surface area contributed by atoms with Gasteiger partial charge in [-0.05, 0) is 40.0 Å². The van der Waals surface area contributed by atoms with E-state index in [4.69, 9.17) is 9.47 Å². The topological polar surface area (TPSA) is 59.0 Å². The zero-order valence-electron chi connectivity index (χ0n) is 12.1. The fourth-order valence-electron chi connectivity index (χ4n) is 2.93. The van der Waals surface area contributed by atoms with Crippen molar-refractivity contribution in [1.29, 1.82) is 0 Å². The summed E-state index contributed by atoms with van der Waals surface area (Å²) in [4.78, 5) is 13.9. The lowest BCUT2D eigenvalue weighted by Gasteiger charge is -2.47. The molecule has 19 heavy (non-hydrogen) atoms. The highest BCUT2D eigenvalue weighted by molar-refractivity contribution is 5.68. The van der Waals surface area contributed by atoms with Gasteiger partial charge in [-0.25, -0.2) is 4.79 Å². The lowest BCUT2D eigenvalue weighted by molar-refractivity contribution is -0.122. The van der Waals surface area contributed by atoms with E-state index < -0.39 is 11.7 Å². The van der Waals surface area contributed by atoms with Gasteiger partial charge in [0.1, 0.15) is 5.60 Å². The van der Waals surface area contributed by atoms with Crippen LogP contribution < -0.4 is 0 Å². The Morgan fingerprint density at radius 3 is 2.79 bits per heavy atom. The summed E-state index contributed by atoms with van der Waals surface area (Å²) in [6.07, 6.45) is 1.93. The Kier molecular flexibility index (Phi) is 4.06. The summed E-state index contributed by atoms with van der Waals surface area (Å²) in [5.41, 5.74) is -0.677. The predicted molar refractivity (Wildman–Crippen MR) is 70.9 cm³/mol. The molecule has 0 bridgehead atoms. The Bertz CT molecular complexity index is 335. The van der Waals surface area contributed by atoms with Gasteiger partial charge in [0.15, 0.2) is 0 Å². The number of aliphatic hydroxyl groups excluding tert-OH is 1. The van der Waals surface area contributed by atoms with Crippen LogP contribution in [0.5, 0.6) is 0 Å². The van der Waals surface area contributed by atoms with Crippen LogP contribution in [-0.2, 0) is 9.47 Å². The van der Waals surface area contributed by atoms with Gasteiger partial charge in [-0.15, -0.1) is 0 Å². The second-order valence-electron chi connectivity index (χ2n) is 6.71. The minimum absolute atomic E-state index is 0.201. The molecule has 110 valence electrons. The van der Waals surface area contributed by atoms with Gasteiger partial charge < -0.3 is 19.5 Å². The molecule has 2 heterocycles. The summed E-state index contributed by atoms with van der Waals surface area (Å²) in [6, 6.07) is 0. The van der Waals surface area contributed by atoms with Crippen LogP contribution in [0, 0.1) is 5.41 Å². The first-order chi connectivity index (χ1) is 8.82. The zero-order valence-corrected chi connectivity index (χ0v) is 12.1. The number of ether oxygens (including phenoxy) is 2. The fraction of sp³-hybridized carbons (Fsp3) is 0.929.